The van der Waals surface area contributed by atoms with Gasteiger partial charge in [0.05, 0.1) is 6.07 Å². The van der Waals surface area contributed by atoms with E-state index in [1.54, 1.807) is 0 Å². The topological polar surface area (TPSA) is 52.9 Å². The highest BCUT2D eigenvalue weighted by Gasteiger charge is 2.44. The van der Waals surface area contributed by atoms with Crippen molar-refractivity contribution < 1.29 is 4.79 Å². The number of nitrogens with one attached hydrogen (secondary N) is 1. The number of anilines is 1. The summed E-state index contributed by atoms with van der Waals surface area (Å²) < 4.78 is 0. The molecule has 1 amide bonds. The van der Waals surface area contributed by atoms with Crippen LogP contribution in [0.25, 0.3) is 0 Å². The first kappa shape index (κ1) is 12.6. The lowest BCUT2D eigenvalue weighted by Crippen LogP contribution is -2.40. The molecule has 0 spiro atoms. The Kier molecular flexibility index (Phi) is 3.13. The Hall–Kier alpha value is -1.82. The van der Waals surface area contributed by atoms with E-state index < -0.39 is 5.41 Å². The van der Waals surface area contributed by atoms with Crippen LogP contribution in [0.4, 0.5) is 5.69 Å². The fourth-order valence-corrected chi connectivity index (χ4v) is 2.53. The molecule has 1 aromatic rings. The molecular weight excluding hydrogens is 224 g/mol. The van der Waals surface area contributed by atoms with Crippen molar-refractivity contribution in [3.05, 3.63) is 28.8 Å². The van der Waals surface area contributed by atoms with Crippen molar-refractivity contribution in [2.45, 2.75) is 40.0 Å². The lowest BCUT2D eigenvalue weighted by molar-refractivity contribution is -0.126. The van der Waals surface area contributed by atoms with E-state index in [2.05, 4.69) is 11.4 Å². The molecule has 1 aliphatic rings. The smallest absolute Gasteiger partial charge is 0.244 e. The van der Waals surface area contributed by atoms with Crippen molar-refractivity contribution in [3.63, 3.8) is 0 Å². The van der Waals surface area contributed by atoms with Gasteiger partial charge in [-0.15, -0.1) is 0 Å². The summed E-state index contributed by atoms with van der Waals surface area (Å²) in [5.41, 5.74) is 3.35. The maximum atomic E-state index is 12.2. The monoisotopic (exact) mass is 242 g/mol. The van der Waals surface area contributed by atoms with Gasteiger partial charge in [0.15, 0.2) is 0 Å². The number of rotatable bonds is 2. The van der Waals surface area contributed by atoms with Crippen LogP contribution in [0.15, 0.2) is 12.1 Å². The molecule has 1 N–H and O–H groups in total. The second-order valence-corrected chi connectivity index (χ2v) is 5.28. The van der Waals surface area contributed by atoms with Gasteiger partial charge in [-0.05, 0) is 51.2 Å². The average Bonchev–Trinajstić information content (AvgIpc) is 2.22. The van der Waals surface area contributed by atoms with E-state index in [9.17, 15) is 4.79 Å². The lowest BCUT2D eigenvalue weighted by Gasteiger charge is -2.33. The zero-order valence-electron chi connectivity index (χ0n) is 11.1. The first-order valence-electron chi connectivity index (χ1n) is 6.29. The van der Waals surface area contributed by atoms with Gasteiger partial charge >= 0.3 is 0 Å². The summed E-state index contributed by atoms with van der Waals surface area (Å²) in [6.45, 7) is 6.00. The molecule has 1 aromatic carbocycles. The van der Waals surface area contributed by atoms with Crippen molar-refractivity contribution in [2.75, 3.05) is 5.32 Å². The molecule has 1 saturated carbocycles. The van der Waals surface area contributed by atoms with Crippen molar-refractivity contribution >= 4 is 11.6 Å². The summed E-state index contributed by atoms with van der Waals surface area (Å²) >= 11 is 0. The van der Waals surface area contributed by atoms with Gasteiger partial charge in [-0.25, -0.2) is 0 Å². The van der Waals surface area contributed by atoms with Gasteiger partial charge < -0.3 is 5.32 Å². The second-order valence-electron chi connectivity index (χ2n) is 5.28. The highest BCUT2D eigenvalue weighted by Crippen LogP contribution is 2.41. The number of benzene rings is 1. The first-order chi connectivity index (χ1) is 8.48. The molecule has 0 aromatic heterocycles. The zero-order chi connectivity index (χ0) is 13.3. The summed E-state index contributed by atoms with van der Waals surface area (Å²) in [5, 5.41) is 12.1. The number of nitriles is 1. The summed E-state index contributed by atoms with van der Waals surface area (Å²) in [4.78, 5) is 12.2. The van der Waals surface area contributed by atoms with Crippen LogP contribution >= 0.6 is 0 Å². The van der Waals surface area contributed by atoms with Crippen molar-refractivity contribution in [1.82, 2.24) is 0 Å². The van der Waals surface area contributed by atoms with Gasteiger partial charge in [0.25, 0.3) is 0 Å². The number of nitrogens with zero attached hydrogens (tertiary/aromatic N) is 1. The third-order valence-electron chi connectivity index (χ3n) is 3.77. The largest absolute Gasteiger partial charge is 0.324 e. The standard InChI is InChI=1S/C15H18N2O/c1-10-7-11(2)13(12(3)8-10)17-14(18)15(9-16)5-4-6-15/h7-8H,4-6H2,1-3H3,(H,17,18). The van der Waals surface area contributed by atoms with Crippen LogP contribution in [0.2, 0.25) is 0 Å². The van der Waals surface area contributed by atoms with Crippen molar-refractivity contribution in [1.29, 1.82) is 5.26 Å². The Balaban J connectivity index is 2.25. The van der Waals surface area contributed by atoms with E-state index in [1.807, 2.05) is 32.9 Å². The van der Waals surface area contributed by atoms with Gasteiger partial charge in [0.1, 0.15) is 5.41 Å². The minimum Gasteiger partial charge on any atom is -0.324 e. The van der Waals surface area contributed by atoms with Crippen LogP contribution < -0.4 is 5.32 Å². The number of hydrogen-bond acceptors (Lipinski definition) is 2. The number of hydrogen-bond donors (Lipinski definition) is 1. The van der Waals surface area contributed by atoms with Gasteiger partial charge in [-0.2, -0.15) is 5.26 Å². The Bertz CT molecular complexity index is 513. The van der Waals surface area contributed by atoms with Crippen LogP contribution in [0.5, 0.6) is 0 Å². The molecule has 0 bridgehead atoms. The maximum absolute atomic E-state index is 12.2. The molecule has 0 aliphatic heterocycles. The molecule has 1 fully saturated rings. The van der Waals surface area contributed by atoms with E-state index in [0.717, 1.165) is 23.2 Å². The highest BCUT2D eigenvalue weighted by atomic mass is 16.2. The number of aryl methyl sites for hydroxylation is 3. The van der Waals surface area contributed by atoms with Crippen LogP contribution in [0, 0.1) is 37.5 Å². The molecule has 0 unspecified atom stereocenters. The maximum Gasteiger partial charge on any atom is 0.244 e. The minimum absolute atomic E-state index is 0.147. The highest BCUT2D eigenvalue weighted by molar-refractivity contribution is 5.99. The van der Waals surface area contributed by atoms with Gasteiger partial charge in [-0.3, -0.25) is 4.79 Å². The predicted molar refractivity (Wildman–Crippen MR) is 71.2 cm³/mol. The molecule has 2 rings (SSSR count). The zero-order valence-corrected chi connectivity index (χ0v) is 11.1. The molecule has 0 atom stereocenters. The normalized spacial score (nSPS) is 16.6. The van der Waals surface area contributed by atoms with E-state index in [-0.39, 0.29) is 5.91 Å². The van der Waals surface area contributed by atoms with E-state index >= 15 is 0 Å². The predicted octanol–water partition coefficient (Wildman–Crippen LogP) is 3.24. The number of amides is 1. The summed E-state index contributed by atoms with van der Waals surface area (Å²) in [7, 11) is 0. The Labute approximate surface area is 108 Å². The molecule has 0 saturated heterocycles. The van der Waals surface area contributed by atoms with E-state index in [1.165, 1.54) is 5.56 Å². The first-order valence-corrected chi connectivity index (χ1v) is 6.29. The molecule has 94 valence electrons. The minimum atomic E-state index is -0.788. The van der Waals surface area contributed by atoms with Gasteiger partial charge in [0, 0.05) is 5.69 Å². The number of carbonyl (C=O) groups is 1. The average molecular weight is 242 g/mol. The summed E-state index contributed by atoms with van der Waals surface area (Å²) in [6, 6.07) is 6.26. The summed E-state index contributed by atoms with van der Waals surface area (Å²) in [5.74, 6) is -0.147. The molecule has 1 aliphatic carbocycles. The Morgan fingerprint density at radius 2 is 1.83 bits per heavy atom. The fourth-order valence-electron chi connectivity index (χ4n) is 2.53. The second kappa shape index (κ2) is 4.45. The van der Waals surface area contributed by atoms with Crippen LogP contribution in [-0.4, -0.2) is 5.91 Å². The molecule has 0 heterocycles. The molecular formula is C15H18N2O. The van der Waals surface area contributed by atoms with Gasteiger partial charge in [-0.1, -0.05) is 17.7 Å². The quantitative estimate of drug-likeness (QED) is 0.865. The van der Waals surface area contributed by atoms with E-state index in [4.69, 9.17) is 5.26 Å². The van der Waals surface area contributed by atoms with Crippen molar-refractivity contribution in [3.8, 4) is 6.07 Å². The van der Waals surface area contributed by atoms with Crippen LogP contribution in [0.1, 0.15) is 36.0 Å². The Morgan fingerprint density at radius 3 is 2.22 bits per heavy atom. The molecule has 18 heavy (non-hydrogen) atoms. The third kappa shape index (κ3) is 1.99. The van der Waals surface area contributed by atoms with Crippen LogP contribution in [-0.2, 0) is 4.79 Å². The fraction of sp³-hybridized carbons (Fsp3) is 0.467. The van der Waals surface area contributed by atoms with Gasteiger partial charge in [0.2, 0.25) is 5.91 Å². The molecule has 0 radical (unpaired) electrons. The number of carbonyl (C=O) groups excluding carboxylic acids is 1. The summed E-state index contributed by atoms with van der Waals surface area (Å²) in [6.07, 6.45) is 2.32. The van der Waals surface area contributed by atoms with E-state index in [0.29, 0.717) is 12.8 Å². The van der Waals surface area contributed by atoms with Crippen LogP contribution in [0.3, 0.4) is 0 Å². The Morgan fingerprint density at radius 1 is 1.28 bits per heavy atom. The molecule has 3 nitrogen and oxygen atoms in total. The third-order valence-corrected chi connectivity index (χ3v) is 3.77. The SMILES string of the molecule is Cc1cc(C)c(NC(=O)C2(C#N)CCC2)c(C)c1. The molecule has 3 heteroatoms. The lowest BCUT2D eigenvalue weighted by atomic mass is 9.69. The van der Waals surface area contributed by atoms with Crippen molar-refractivity contribution in [2.24, 2.45) is 5.41 Å².